The van der Waals surface area contributed by atoms with Gasteiger partial charge in [-0.25, -0.2) is 0 Å². The van der Waals surface area contributed by atoms with Crippen LogP contribution in [0.25, 0.3) is 5.76 Å². The van der Waals surface area contributed by atoms with Crippen molar-refractivity contribution in [2.75, 3.05) is 4.90 Å². The van der Waals surface area contributed by atoms with Crippen LogP contribution in [0.4, 0.5) is 5.69 Å². The smallest absolute Gasteiger partial charge is 0.300 e. The fourth-order valence-corrected chi connectivity index (χ4v) is 4.40. The number of benzene rings is 2. The van der Waals surface area contributed by atoms with Crippen LogP contribution in [0.1, 0.15) is 41.2 Å². The third kappa shape index (κ3) is 3.19. The zero-order chi connectivity index (χ0) is 22.6. The lowest BCUT2D eigenvalue weighted by Crippen LogP contribution is -2.29. The summed E-state index contributed by atoms with van der Waals surface area (Å²) in [5.41, 5.74) is 3.03. The molecule has 1 N–H and O–H groups in total. The summed E-state index contributed by atoms with van der Waals surface area (Å²) >= 11 is 0. The number of hydrogen-bond donors (Lipinski definition) is 1. The van der Waals surface area contributed by atoms with E-state index in [1.54, 1.807) is 43.3 Å². The predicted octanol–water partition coefficient (Wildman–Crippen LogP) is 4.85. The lowest BCUT2D eigenvalue weighted by atomic mass is 9.97. The molecule has 1 fully saturated rings. The minimum atomic E-state index is -0.866. The van der Waals surface area contributed by atoms with Gasteiger partial charge in [-0.3, -0.25) is 14.5 Å². The van der Waals surface area contributed by atoms with E-state index in [2.05, 4.69) is 0 Å². The van der Waals surface area contributed by atoms with E-state index in [0.717, 1.165) is 23.3 Å². The molecular weight excluding hydrogens is 406 g/mol. The number of carbonyl (C=O) groups excluding carboxylic acids is 2. The Labute approximate surface area is 185 Å². The van der Waals surface area contributed by atoms with Gasteiger partial charge < -0.3 is 14.3 Å². The highest BCUT2D eigenvalue weighted by Gasteiger charge is 2.48. The fraction of sp³-hybridized carbons (Fsp3) is 0.231. The molecule has 2 aliphatic heterocycles. The van der Waals surface area contributed by atoms with Gasteiger partial charge in [0.15, 0.2) is 0 Å². The molecule has 2 atom stereocenters. The maximum absolute atomic E-state index is 13.2. The molecule has 0 spiro atoms. The first-order chi connectivity index (χ1) is 15.3. The fourth-order valence-electron chi connectivity index (χ4n) is 4.40. The first kappa shape index (κ1) is 20.1. The summed E-state index contributed by atoms with van der Waals surface area (Å²) in [6, 6.07) is 15.3. The van der Waals surface area contributed by atoms with Crippen molar-refractivity contribution < 1.29 is 23.8 Å². The van der Waals surface area contributed by atoms with E-state index in [9.17, 15) is 14.7 Å². The molecule has 5 rings (SSSR count). The van der Waals surface area contributed by atoms with Crippen molar-refractivity contribution in [2.45, 2.75) is 39.3 Å². The molecule has 0 aliphatic carbocycles. The van der Waals surface area contributed by atoms with E-state index in [0.29, 0.717) is 22.8 Å². The normalized spacial score (nSPS) is 21.7. The molecule has 0 saturated carbocycles. The number of anilines is 1. The average Bonchev–Trinajstić information content (AvgIpc) is 3.43. The van der Waals surface area contributed by atoms with E-state index >= 15 is 0 Å². The molecule has 3 heterocycles. The molecule has 6 nitrogen and oxygen atoms in total. The largest absolute Gasteiger partial charge is 0.507 e. The maximum Gasteiger partial charge on any atom is 0.300 e. The number of ketones is 1. The Balaban J connectivity index is 1.67. The molecule has 2 unspecified atom stereocenters. The van der Waals surface area contributed by atoms with Crippen molar-refractivity contribution in [1.29, 1.82) is 0 Å². The SMILES string of the molecule is Cc1ccc(N2C(=O)C(=O)/C(=C(\O)c3ccc4c(c3)CC(C)O4)C2c2ccc(C)o2)cc1. The predicted molar refractivity (Wildman–Crippen MR) is 120 cm³/mol. The number of ether oxygens (including phenoxy) is 1. The Morgan fingerprint density at radius 3 is 2.47 bits per heavy atom. The van der Waals surface area contributed by atoms with Gasteiger partial charge in [-0.05, 0) is 68.8 Å². The summed E-state index contributed by atoms with van der Waals surface area (Å²) < 4.78 is 11.6. The van der Waals surface area contributed by atoms with Crippen LogP contribution in [-0.4, -0.2) is 22.9 Å². The Morgan fingerprint density at radius 2 is 1.78 bits per heavy atom. The van der Waals surface area contributed by atoms with Gasteiger partial charge in [0.25, 0.3) is 11.7 Å². The number of fused-ring (bicyclic) bond motifs is 1. The van der Waals surface area contributed by atoms with E-state index in [1.165, 1.54) is 4.90 Å². The number of amides is 1. The molecular formula is C26H23NO5. The Morgan fingerprint density at radius 1 is 1.03 bits per heavy atom. The minimum Gasteiger partial charge on any atom is -0.507 e. The maximum atomic E-state index is 13.2. The van der Waals surface area contributed by atoms with Crippen LogP contribution in [0.2, 0.25) is 0 Å². The number of hydrogen-bond acceptors (Lipinski definition) is 5. The van der Waals surface area contributed by atoms with Gasteiger partial charge in [0, 0.05) is 17.7 Å². The molecule has 1 saturated heterocycles. The summed E-state index contributed by atoms with van der Waals surface area (Å²) in [6.45, 7) is 5.72. The Kier molecular flexibility index (Phi) is 4.66. The Bertz CT molecular complexity index is 1270. The molecule has 2 aromatic carbocycles. The van der Waals surface area contributed by atoms with Gasteiger partial charge in [-0.1, -0.05) is 17.7 Å². The second-order valence-corrected chi connectivity index (χ2v) is 8.41. The summed E-state index contributed by atoms with van der Waals surface area (Å²) in [5.74, 6) is 0.173. The van der Waals surface area contributed by atoms with Crippen molar-refractivity contribution in [3.63, 3.8) is 0 Å². The highest BCUT2D eigenvalue weighted by atomic mass is 16.5. The van der Waals surface area contributed by atoms with Crippen LogP contribution in [0.15, 0.2) is 64.6 Å². The molecule has 0 radical (unpaired) electrons. The number of furan rings is 1. The van der Waals surface area contributed by atoms with Gasteiger partial charge in [-0.2, -0.15) is 0 Å². The number of nitrogens with zero attached hydrogens (tertiary/aromatic N) is 1. The van der Waals surface area contributed by atoms with Gasteiger partial charge in [0.1, 0.15) is 35.2 Å². The molecule has 162 valence electrons. The van der Waals surface area contributed by atoms with Crippen LogP contribution in [-0.2, 0) is 16.0 Å². The van der Waals surface area contributed by atoms with E-state index in [4.69, 9.17) is 9.15 Å². The topological polar surface area (TPSA) is 80.0 Å². The lowest BCUT2D eigenvalue weighted by molar-refractivity contribution is -0.132. The number of aliphatic hydroxyl groups is 1. The van der Waals surface area contributed by atoms with Gasteiger partial charge in [-0.15, -0.1) is 0 Å². The van der Waals surface area contributed by atoms with Crippen molar-refractivity contribution in [1.82, 2.24) is 0 Å². The highest BCUT2D eigenvalue weighted by Crippen LogP contribution is 2.43. The monoisotopic (exact) mass is 429 g/mol. The van der Waals surface area contributed by atoms with E-state index < -0.39 is 17.7 Å². The zero-order valence-corrected chi connectivity index (χ0v) is 18.1. The molecule has 32 heavy (non-hydrogen) atoms. The van der Waals surface area contributed by atoms with Gasteiger partial charge in [0.05, 0.1) is 5.57 Å². The van der Waals surface area contributed by atoms with Crippen molar-refractivity contribution in [3.8, 4) is 5.75 Å². The number of rotatable bonds is 3. The van der Waals surface area contributed by atoms with Crippen LogP contribution >= 0.6 is 0 Å². The van der Waals surface area contributed by atoms with Crippen LogP contribution in [0, 0.1) is 13.8 Å². The third-order valence-electron chi connectivity index (χ3n) is 5.96. The molecule has 1 aromatic heterocycles. The van der Waals surface area contributed by atoms with Crippen LogP contribution < -0.4 is 9.64 Å². The number of aryl methyl sites for hydroxylation is 2. The average molecular weight is 429 g/mol. The first-order valence-corrected chi connectivity index (χ1v) is 10.6. The van der Waals surface area contributed by atoms with Gasteiger partial charge >= 0.3 is 0 Å². The van der Waals surface area contributed by atoms with Crippen molar-refractivity contribution in [3.05, 3.63) is 88.4 Å². The summed E-state index contributed by atoms with van der Waals surface area (Å²) in [6.07, 6.45) is 0.773. The summed E-state index contributed by atoms with van der Waals surface area (Å²) in [4.78, 5) is 27.7. The van der Waals surface area contributed by atoms with E-state index in [1.807, 2.05) is 32.0 Å². The quantitative estimate of drug-likeness (QED) is 0.366. The van der Waals surface area contributed by atoms with Crippen LogP contribution in [0.3, 0.4) is 0 Å². The number of aliphatic hydroxyl groups excluding tert-OH is 1. The molecule has 3 aromatic rings. The van der Waals surface area contributed by atoms with Crippen molar-refractivity contribution >= 4 is 23.1 Å². The number of carbonyl (C=O) groups is 2. The molecule has 0 bridgehead atoms. The summed E-state index contributed by atoms with van der Waals surface area (Å²) in [7, 11) is 0. The van der Waals surface area contributed by atoms with Crippen molar-refractivity contribution in [2.24, 2.45) is 0 Å². The lowest BCUT2D eigenvalue weighted by Gasteiger charge is -2.23. The molecule has 6 heteroatoms. The molecule has 1 amide bonds. The van der Waals surface area contributed by atoms with E-state index in [-0.39, 0.29) is 17.4 Å². The van der Waals surface area contributed by atoms with Crippen LogP contribution in [0.5, 0.6) is 5.75 Å². The second kappa shape index (κ2) is 7.41. The Hall–Kier alpha value is -3.80. The second-order valence-electron chi connectivity index (χ2n) is 8.41. The standard InChI is InChI=1S/C26H23NO5/c1-14-4-8-19(9-5-14)27-23(21-10-6-15(2)31-21)22(25(29)26(27)30)24(28)17-7-11-20-18(13-17)12-16(3)32-20/h4-11,13,16,23,28H,12H2,1-3H3/b24-22-. The molecule has 2 aliphatic rings. The highest BCUT2D eigenvalue weighted by molar-refractivity contribution is 6.51. The van der Waals surface area contributed by atoms with Gasteiger partial charge in [0.2, 0.25) is 0 Å². The summed E-state index contributed by atoms with van der Waals surface area (Å²) in [5, 5.41) is 11.3. The zero-order valence-electron chi connectivity index (χ0n) is 18.1. The first-order valence-electron chi connectivity index (χ1n) is 10.6. The minimum absolute atomic E-state index is 0.0110. The third-order valence-corrected chi connectivity index (χ3v) is 5.96. The number of Topliss-reactive ketones (excluding diaryl/α,β-unsaturated/α-hetero) is 1.